The fourth-order valence-electron chi connectivity index (χ4n) is 3.67. The maximum absolute atomic E-state index is 12.5. The van der Waals surface area contributed by atoms with E-state index < -0.39 is 0 Å². The molecule has 9 heteroatoms. The number of aryl methyl sites for hydroxylation is 3. The molecular weight excluding hydrogens is 358 g/mol. The highest BCUT2D eigenvalue weighted by Crippen LogP contribution is 2.24. The Balaban J connectivity index is 1.68. The average molecular weight is 385 g/mol. The van der Waals surface area contributed by atoms with Crippen LogP contribution in [0.5, 0.6) is 0 Å². The zero-order valence-electron chi connectivity index (χ0n) is 16.5. The van der Waals surface area contributed by atoms with Gasteiger partial charge in [-0.1, -0.05) is 12.8 Å². The highest BCUT2D eigenvalue weighted by molar-refractivity contribution is 5.91. The minimum absolute atomic E-state index is 0.0635. The van der Waals surface area contributed by atoms with Gasteiger partial charge in [-0.25, -0.2) is 9.97 Å². The van der Waals surface area contributed by atoms with E-state index >= 15 is 0 Å². The van der Waals surface area contributed by atoms with Gasteiger partial charge >= 0.3 is 0 Å². The van der Waals surface area contributed by atoms with Crippen LogP contribution in [0.1, 0.15) is 42.8 Å². The Morgan fingerprint density at radius 3 is 2.46 bits per heavy atom. The average Bonchev–Trinajstić information content (AvgIpc) is 2.99. The van der Waals surface area contributed by atoms with Crippen LogP contribution in [0.25, 0.3) is 5.95 Å². The molecule has 9 nitrogen and oxygen atoms in total. The van der Waals surface area contributed by atoms with Crippen LogP contribution < -0.4 is 16.4 Å². The SMILES string of the molecule is Cc1cc(C)nc(-n2nc(C)cc2NC(=O)CN[C@@H]2CCCC[C@@H]2C(N)=O)n1. The number of carbonyl (C=O) groups is 2. The van der Waals surface area contributed by atoms with Crippen LogP contribution in [0.3, 0.4) is 0 Å². The lowest BCUT2D eigenvalue weighted by Gasteiger charge is -2.29. The summed E-state index contributed by atoms with van der Waals surface area (Å²) >= 11 is 0. The van der Waals surface area contributed by atoms with Crippen LogP contribution in [0.15, 0.2) is 12.1 Å². The molecule has 0 unspecified atom stereocenters. The number of nitrogens with two attached hydrogens (primary N) is 1. The number of nitrogens with one attached hydrogen (secondary N) is 2. The van der Waals surface area contributed by atoms with Gasteiger partial charge in [0.2, 0.25) is 11.8 Å². The second kappa shape index (κ2) is 8.47. The van der Waals surface area contributed by atoms with Gasteiger partial charge in [0.25, 0.3) is 5.95 Å². The molecule has 0 bridgehead atoms. The Morgan fingerprint density at radius 1 is 1.11 bits per heavy atom. The number of primary amides is 1. The van der Waals surface area contributed by atoms with Crippen LogP contribution in [-0.4, -0.2) is 44.1 Å². The molecule has 1 saturated carbocycles. The molecule has 2 amide bonds. The van der Waals surface area contributed by atoms with Crippen molar-refractivity contribution in [3.63, 3.8) is 0 Å². The third-order valence-electron chi connectivity index (χ3n) is 4.92. The number of anilines is 1. The molecule has 2 heterocycles. The Bertz CT molecular complexity index is 857. The maximum atomic E-state index is 12.5. The van der Waals surface area contributed by atoms with Crippen molar-refractivity contribution in [3.8, 4) is 5.95 Å². The van der Waals surface area contributed by atoms with E-state index in [0.717, 1.165) is 42.8 Å². The first-order valence-corrected chi connectivity index (χ1v) is 9.55. The first kappa shape index (κ1) is 19.9. The van der Waals surface area contributed by atoms with Crippen molar-refractivity contribution in [3.05, 3.63) is 29.2 Å². The van der Waals surface area contributed by atoms with Gasteiger partial charge in [0, 0.05) is 23.5 Å². The molecule has 2 atom stereocenters. The molecule has 28 heavy (non-hydrogen) atoms. The third kappa shape index (κ3) is 4.72. The van der Waals surface area contributed by atoms with Crippen LogP contribution >= 0.6 is 0 Å². The van der Waals surface area contributed by atoms with Gasteiger partial charge in [-0.05, 0) is 39.7 Å². The fourth-order valence-corrected chi connectivity index (χ4v) is 3.67. The van der Waals surface area contributed by atoms with E-state index in [0.29, 0.717) is 11.8 Å². The van der Waals surface area contributed by atoms with E-state index in [1.54, 1.807) is 6.07 Å². The van der Waals surface area contributed by atoms with E-state index in [2.05, 4.69) is 25.7 Å². The van der Waals surface area contributed by atoms with Crippen molar-refractivity contribution in [2.75, 3.05) is 11.9 Å². The second-order valence-electron chi connectivity index (χ2n) is 7.36. The van der Waals surface area contributed by atoms with Crippen molar-refractivity contribution in [2.24, 2.45) is 11.7 Å². The summed E-state index contributed by atoms with van der Waals surface area (Å²) in [6.45, 7) is 5.70. The summed E-state index contributed by atoms with van der Waals surface area (Å²) < 4.78 is 1.53. The molecule has 1 aliphatic carbocycles. The lowest BCUT2D eigenvalue weighted by molar-refractivity contribution is -0.124. The molecule has 4 N–H and O–H groups in total. The molecule has 1 fully saturated rings. The topological polar surface area (TPSA) is 128 Å². The van der Waals surface area contributed by atoms with Crippen molar-refractivity contribution < 1.29 is 9.59 Å². The van der Waals surface area contributed by atoms with Gasteiger partial charge in [0.15, 0.2) is 0 Å². The normalized spacial score (nSPS) is 19.4. The largest absolute Gasteiger partial charge is 0.369 e. The Labute approximate surface area is 164 Å². The van der Waals surface area contributed by atoms with Crippen molar-refractivity contribution in [1.82, 2.24) is 25.1 Å². The molecule has 0 aliphatic heterocycles. The predicted octanol–water partition coefficient (Wildman–Crippen LogP) is 1.16. The lowest BCUT2D eigenvalue weighted by Crippen LogP contribution is -2.47. The summed E-state index contributed by atoms with van der Waals surface area (Å²) in [5, 5.41) is 10.4. The molecule has 150 valence electrons. The van der Waals surface area contributed by atoms with Crippen LogP contribution in [0.4, 0.5) is 5.82 Å². The number of hydrogen-bond donors (Lipinski definition) is 3. The van der Waals surface area contributed by atoms with E-state index in [1.165, 1.54) is 4.68 Å². The van der Waals surface area contributed by atoms with Gasteiger partial charge < -0.3 is 16.4 Å². The summed E-state index contributed by atoms with van der Waals surface area (Å²) in [6, 6.07) is 3.58. The monoisotopic (exact) mass is 385 g/mol. The summed E-state index contributed by atoms with van der Waals surface area (Å²) in [7, 11) is 0. The molecule has 0 saturated heterocycles. The molecule has 3 rings (SSSR count). The summed E-state index contributed by atoms with van der Waals surface area (Å²) in [5.41, 5.74) is 7.88. The van der Waals surface area contributed by atoms with E-state index in [-0.39, 0.29) is 30.3 Å². The van der Waals surface area contributed by atoms with Gasteiger partial charge in [0.05, 0.1) is 18.2 Å². The van der Waals surface area contributed by atoms with Crippen molar-refractivity contribution in [2.45, 2.75) is 52.5 Å². The van der Waals surface area contributed by atoms with Gasteiger partial charge in [-0.2, -0.15) is 9.78 Å². The smallest absolute Gasteiger partial charge is 0.252 e. The predicted molar refractivity (Wildman–Crippen MR) is 105 cm³/mol. The third-order valence-corrected chi connectivity index (χ3v) is 4.92. The van der Waals surface area contributed by atoms with Gasteiger partial charge in [0.1, 0.15) is 5.82 Å². The van der Waals surface area contributed by atoms with E-state index in [1.807, 2.05) is 26.8 Å². The first-order valence-electron chi connectivity index (χ1n) is 9.55. The quantitative estimate of drug-likeness (QED) is 0.685. The number of hydrogen-bond acceptors (Lipinski definition) is 6. The first-order chi connectivity index (χ1) is 13.3. The summed E-state index contributed by atoms with van der Waals surface area (Å²) in [4.78, 5) is 32.9. The second-order valence-corrected chi connectivity index (χ2v) is 7.36. The van der Waals surface area contributed by atoms with E-state index in [4.69, 9.17) is 5.73 Å². The highest BCUT2D eigenvalue weighted by atomic mass is 16.2. The number of aromatic nitrogens is 4. The zero-order valence-corrected chi connectivity index (χ0v) is 16.5. The van der Waals surface area contributed by atoms with Crippen molar-refractivity contribution in [1.29, 1.82) is 0 Å². The van der Waals surface area contributed by atoms with Crippen molar-refractivity contribution >= 4 is 17.6 Å². The molecule has 0 radical (unpaired) electrons. The maximum Gasteiger partial charge on any atom is 0.252 e. The molecular formula is C19H27N7O2. The fraction of sp³-hybridized carbons (Fsp3) is 0.526. The Morgan fingerprint density at radius 2 is 1.79 bits per heavy atom. The highest BCUT2D eigenvalue weighted by Gasteiger charge is 2.29. The molecule has 0 spiro atoms. The van der Waals surface area contributed by atoms with Crippen LogP contribution in [0, 0.1) is 26.7 Å². The molecule has 2 aromatic heterocycles. The van der Waals surface area contributed by atoms with Crippen LogP contribution in [0.2, 0.25) is 0 Å². The summed E-state index contributed by atoms with van der Waals surface area (Å²) in [6.07, 6.45) is 3.63. The van der Waals surface area contributed by atoms with Crippen LogP contribution in [-0.2, 0) is 9.59 Å². The standard InChI is InChI=1S/C19H27N7O2/c1-11-8-12(2)23-19(22-11)26-16(9-13(3)25-26)24-17(27)10-21-15-7-5-4-6-14(15)18(20)28/h8-9,14-15,21H,4-7,10H2,1-3H3,(H2,20,28)(H,24,27)/t14-,15+/m0/s1. The molecule has 2 aromatic rings. The number of amides is 2. The van der Waals surface area contributed by atoms with Gasteiger partial charge in [-0.3, -0.25) is 9.59 Å². The van der Waals surface area contributed by atoms with E-state index in [9.17, 15) is 9.59 Å². The number of nitrogens with zero attached hydrogens (tertiary/aromatic N) is 4. The van der Waals surface area contributed by atoms with Gasteiger partial charge in [-0.15, -0.1) is 0 Å². The Kier molecular flexibility index (Phi) is 6.03. The number of carbonyl (C=O) groups excluding carboxylic acids is 2. The minimum Gasteiger partial charge on any atom is -0.369 e. The minimum atomic E-state index is -0.307. The molecule has 0 aromatic carbocycles. The zero-order chi connectivity index (χ0) is 20.3. The summed E-state index contributed by atoms with van der Waals surface area (Å²) in [5.74, 6) is 0.162. The number of rotatable bonds is 6. The lowest BCUT2D eigenvalue weighted by atomic mass is 9.84. The molecule has 1 aliphatic rings. The Hall–Kier alpha value is -2.81.